The smallest absolute Gasteiger partial charge is 0.358 e. The number of rotatable bonds is 5. The first-order valence-corrected chi connectivity index (χ1v) is 6.77. The molecule has 1 aliphatic rings. The van der Waals surface area contributed by atoms with Crippen LogP contribution >= 0.6 is 0 Å². The third-order valence-electron chi connectivity index (χ3n) is 3.40. The van der Waals surface area contributed by atoms with Gasteiger partial charge in [-0.15, -0.1) is 10.2 Å². The molecule has 0 atom stereocenters. The lowest BCUT2D eigenvalue weighted by molar-refractivity contribution is 0.0592. The van der Waals surface area contributed by atoms with E-state index in [0.29, 0.717) is 0 Å². The lowest BCUT2D eigenvalue weighted by Crippen LogP contribution is -2.46. The quantitative estimate of drug-likeness (QED) is 0.736. The van der Waals surface area contributed by atoms with E-state index in [2.05, 4.69) is 25.2 Å². The molecule has 1 aromatic heterocycles. The second-order valence-electron chi connectivity index (χ2n) is 4.78. The second kappa shape index (κ2) is 7.16. The Labute approximate surface area is 118 Å². The number of ether oxygens (including phenoxy) is 1. The molecule has 0 radical (unpaired) electrons. The summed E-state index contributed by atoms with van der Waals surface area (Å²) in [4.78, 5) is 15.7. The number of hydrogen-bond donors (Lipinski definition) is 1. The minimum Gasteiger partial charge on any atom is -0.464 e. The predicted molar refractivity (Wildman–Crippen MR) is 76.0 cm³/mol. The molecule has 1 aliphatic heterocycles. The van der Waals surface area contributed by atoms with Gasteiger partial charge < -0.3 is 15.0 Å². The number of nitrogens with one attached hydrogen (secondary N) is 1. The molecule has 2 heterocycles. The van der Waals surface area contributed by atoms with Crippen LogP contribution in [0.3, 0.4) is 0 Å². The number of esters is 1. The van der Waals surface area contributed by atoms with Crippen molar-refractivity contribution in [3.63, 3.8) is 0 Å². The van der Waals surface area contributed by atoms with Crippen molar-refractivity contribution >= 4 is 11.8 Å². The molecule has 2 rings (SSSR count). The first-order chi connectivity index (χ1) is 9.70. The number of aromatic nitrogens is 2. The molecule has 0 aromatic carbocycles. The summed E-state index contributed by atoms with van der Waals surface area (Å²) in [5.41, 5.74) is 0.228. The van der Waals surface area contributed by atoms with Gasteiger partial charge in [0, 0.05) is 46.3 Å². The topological polar surface area (TPSA) is 70.6 Å². The third-order valence-corrected chi connectivity index (χ3v) is 3.40. The first-order valence-electron chi connectivity index (χ1n) is 6.77. The van der Waals surface area contributed by atoms with E-state index >= 15 is 0 Å². The predicted octanol–water partition coefficient (Wildman–Crippen LogP) is -0.395. The number of hydrogen-bond acceptors (Lipinski definition) is 7. The van der Waals surface area contributed by atoms with Crippen LogP contribution in [0.4, 0.5) is 5.82 Å². The highest BCUT2D eigenvalue weighted by Crippen LogP contribution is 2.08. The van der Waals surface area contributed by atoms with Crippen LogP contribution in [0.25, 0.3) is 0 Å². The molecule has 0 saturated carbocycles. The Hall–Kier alpha value is -1.73. The monoisotopic (exact) mass is 279 g/mol. The Balaban J connectivity index is 1.85. The maximum Gasteiger partial charge on any atom is 0.358 e. The molecule has 0 bridgehead atoms. The van der Waals surface area contributed by atoms with Crippen LogP contribution in [-0.2, 0) is 4.74 Å². The largest absolute Gasteiger partial charge is 0.464 e. The van der Waals surface area contributed by atoms with Gasteiger partial charge in [-0.3, -0.25) is 4.90 Å². The number of piperazine rings is 1. The Morgan fingerprint density at radius 1 is 1.40 bits per heavy atom. The first kappa shape index (κ1) is 14.7. The Kier molecular flexibility index (Phi) is 5.25. The summed E-state index contributed by atoms with van der Waals surface area (Å²) in [6.45, 7) is 6.15. The zero-order chi connectivity index (χ0) is 14.4. The molecule has 1 aromatic rings. The zero-order valence-corrected chi connectivity index (χ0v) is 12.0. The standard InChI is InChI=1S/C13H21N5O2/c1-17(9-10-18-7-5-14-6-8-18)12-4-3-11(15-16-12)13(19)20-2/h3-4,14H,5-10H2,1-2H3. The molecular formula is C13H21N5O2. The summed E-state index contributed by atoms with van der Waals surface area (Å²) in [6.07, 6.45) is 0. The van der Waals surface area contributed by atoms with Crippen LogP contribution in [0, 0.1) is 0 Å². The average molecular weight is 279 g/mol. The molecule has 7 heteroatoms. The van der Waals surface area contributed by atoms with Gasteiger partial charge in [-0.05, 0) is 12.1 Å². The fraction of sp³-hybridized carbons (Fsp3) is 0.615. The van der Waals surface area contributed by atoms with Crippen molar-refractivity contribution < 1.29 is 9.53 Å². The van der Waals surface area contributed by atoms with Crippen molar-refractivity contribution in [3.8, 4) is 0 Å². The van der Waals surface area contributed by atoms with E-state index < -0.39 is 5.97 Å². The lowest BCUT2D eigenvalue weighted by atomic mass is 10.3. The van der Waals surface area contributed by atoms with Gasteiger partial charge in [-0.25, -0.2) is 4.79 Å². The van der Waals surface area contributed by atoms with Crippen LogP contribution in [0.5, 0.6) is 0 Å². The summed E-state index contributed by atoms with van der Waals surface area (Å²) in [5.74, 6) is 0.292. The molecule has 0 spiro atoms. The Bertz CT molecular complexity index is 431. The number of carbonyl (C=O) groups is 1. The molecule has 0 amide bonds. The summed E-state index contributed by atoms with van der Waals surface area (Å²) in [7, 11) is 3.31. The molecule has 0 aliphatic carbocycles. The van der Waals surface area contributed by atoms with Gasteiger partial charge in [0.1, 0.15) is 0 Å². The van der Waals surface area contributed by atoms with Gasteiger partial charge in [0.25, 0.3) is 0 Å². The Morgan fingerprint density at radius 3 is 2.75 bits per heavy atom. The molecular weight excluding hydrogens is 258 g/mol. The van der Waals surface area contributed by atoms with Gasteiger partial charge in [-0.1, -0.05) is 0 Å². The van der Waals surface area contributed by atoms with E-state index in [1.165, 1.54) is 7.11 Å². The van der Waals surface area contributed by atoms with Gasteiger partial charge in [0.15, 0.2) is 11.5 Å². The van der Waals surface area contributed by atoms with E-state index in [-0.39, 0.29) is 5.69 Å². The number of likely N-dealkylation sites (N-methyl/N-ethyl adjacent to an activating group) is 1. The van der Waals surface area contributed by atoms with Gasteiger partial charge in [-0.2, -0.15) is 0 Å². The highest BCUT2D eigenvalue weighted by Gasteiger charge is 2.12. The van der Waals surface area contributed by atoms with Crippen molar-refractivity contribution in [1.82, 2.24) is 20.4 Å². The van der Waals surface area contributed by atoms with E-state index in [1.807, 2.05) is 11.9 Å². The van der Waals surface area contributed by atoms with Crippen molar-refractivity contribution in [1.29, 1.82) is 0 Å². The summed E-state index contributed by atoms with van der Waals surface area (Å²) < 4.78 is 4.60. The maximum atomic E-state index is 11.3. The normalized spacial score (nSPS) is 15.9. The highest BCUT2D eigenvalue weighted by atomic mass is 16.5. The highest BCUT2D eigenvalue weighted by molar-refractivity contribution is 5.86. The maximum absolute atomic E-state index is 11.3. The third kappa shape index (κ3) is 3.88. The molecule has 20 heavy (non-hydrogen) atoms. The second-order valence-corrected chi connectivity index (χ2v) is 4.78. The van der Waals surface area contributed by atoms with E-state index in [9.17, 15) is 4.79 Å². The zero-order valence-electron chi connectivity index (χ0n) is 12.0. The molecule has 110 valence electrons. The molecule has 7 nitrogen and oxygen atoms in total. The minimum atomic E-state index is -0.465. The van der Waals surface area contributed by atoms with Gasteiger partial charge in [0.05, 0.1) is 7.11 Å². The lowest BCUT2D eigenvalue weighted by Gasteiger charge is -2.29. The molecule has 1 saturated heterocycles. The van der Waals surface area contributed by atoms with Crippen LogP contribution in [0.2, 0.25) is 0 Å². The van der Waals surface area contributed by atoms with Crippen molar-refractivity contribution in [2.24, 2.45) is 0 Å². The fourth-order valence-corrected chi connectivity index (χ4v) is 2.08. The minimum absolute atomic E-state index is 0.228. The Morgan fingerprint density at radius 2 is 2.15 bits per heavy atom. The fourth-order valence-electron chi connectivity index (χ4n) is 2.08. The van der Waals surface area contributed by atoms with Crippen LogP contribution in [0.15, 0.2) is 12.1 Å². The summed E-state index contributed by atoms with van der Waals surface area (Å²) in [5, 5.41) is 11.3. The van der Waals surface area contributed by atoms with E-state index in [1.54, 1.807) is 12.1 Å². The van der Waals surface area contributed by atoms with Gasteiger partial charge in [0.2, 0.25) is 0 Å². The SMILES string of the molecule is COC(=O)c1ccc(N(C)CCN2CCNCC2)nn1. The van der Waals surface area contributed by atoms with E-state index in [0.717, 1.165) is 45.1 Å². The van der Waals surface area contributed by atoms with Gasteiger partial charge >= 0.3 is 5.97 Å². The van der Waals surface area contributed by atoms with Crippen LogP contribution in [-0.4, -0.2) is 74.5 Å². The number of methoxy groups -OCH3 is 1. The molecule has 1 N–H and O–H groups in total. The van der Waals surface area contributed by atoms with Crippen LogP contribution < -0.4 is 10.2 Å². The van der Waals surface area contributed by atoms with Crippen LogP contribution in [0.1, 0.15) is 10.5 Å². The average Bonchev–Trinajstić information content (AvgIpc) is 2.53. The number of anilines is 1. The number of nitrogens with zero attached hydrogens (tertiary/aromatic N) is 4. The van der Waals surface area contributed by atoms with Crippen molar-refractivity contribution in [2.45, 2.75) is 0 Å². The molecule has 1 fully saturated rings. The summed E-state index contributed by atoms with van der Waals surface area (Å²) in [6, 6.07) is 3.42. The number of carbonyl (C=O) groups excluding carboxylic acids is 1. The molecule has 0 unspecified atom stereocenters. The summed E-state index contributed by atoms with van der Waals surface area (Å²) >= 11 is 0. The van der Waals surface area contributed by atoms with Crippen molar-refractivity contribution in [2.75, 3.05) is 58.3 Å². The van der Waals surface area contributed by atoms with Crippen molar-refractivity contribution in [3.05, 3.63) is 17.8 Å². The van der Waals surface area contributed by atoms with E-state index in [4.69, 9.17) is 0 Å².